The predicted octanol–water partition coefficient (Wildman–Crippen LogP) is 4.39. The highest BCUT2D eigenvalue weighted by Crippen LogP contribution is 2.62. The molecule has 4 aliphatic carbocycles. The summed E-state index contributed by atoms with van der Waals surface area (Å²) in [4.78, 5) is 12.6. The summed E-state index contributed by atoms with van der Waals surface area (Å²) in [5.74, 6) is 1.38. The van der Waals surface area contributed by atoms with E-state index in [0.717, 1.165) is 25.7 Å². The molecule has 1 amide bonds. The summed E-state index contributed by atoms with van der Waals surface area (Å²) in [6.45, 7) is 0.540. The standard InChI is InChI=1S/C19H23ClFNO2/c1-24-14-2-3-16(20)15(5-14)17(23)22-11-18-6-12-4-13(7-18)9-19(21,8-12)10-18/h2-3,5,12-13H,4,6-11H2,1H3,(H,22,23). The van der Waals surface area contributed by atoms with Crippen molar-refractivity contribution in [3.05, 3.63) is 28.8 Å². The van der Waals surface area contributed by atoms with E-state index in [-0.39, 0.29) is 11.3 Å². The third-order valence-electron chi connectivity index (χ3n) is 6.15. The van der Waals surface area contributed by atoms with Gasteiger partial charge in [-0.3, -0.25) is 4.79 Å². The van der Waals surface area contributed by atoms with Gasteiger partial charge < -0.3 is 10.1 Å². The second-order valence-corrected chi connectivity index (χ2v) is 8.55. The van der Waals surface area contributed by atoms with Crippen LogP contribution in [-0.4, -0.2) is 25.2 Å². The van der Waals surface area contributed by atoms with Gasteiger partial charge in [0.25, 0.3) is 5.91 Å². The molecule has 4 aliphatic rings. The van der Waals surface area contributed by atoms with Crippen molar-refractivity contribution in [1.82, 2.24) is 5.32 Å². The zero-order valence-electron chi connectivity index (χ0n) is 13.9. The average molecular weight is 352 g/mol. The number of alkyl halides is 1. The second kappa shape index (κ2) is 5.62. The molecule has 0 aliphatic heterocycles. The first-order valence-electron chi connectivity index (χ1n) is 8.71. The van der Waals surface area contributed by atoms with Gasteiger partial charge in [0, 0.05) is 6.54 Å². The minimum absolute atomic E-state index is 0.0696. The number of amides is 1. The number of carbonyl (C=O) groups excluding carboxylic acids is 1. The van der Waals surface area contributed by atoms with Crippen molar-refractivity contribution >= 4 is 17.5 Å². The molecule has 4 saturated carbocycles. The Morgan fingerprint density at radius 2 is 2.04 bits per heavy atom. The molecular weight excluding hydrogens is 329 g/mol. The molecule has 0 radical (unpaired) electrons. The quantitative estimate of drug-likeness (QED) is 0.873. The summed E-state index contributed by atoms with van der Waals surface area (Å²) in [5.41, 5.74) is -0.655. The summed E-state index contributed by atoms with van der Waals surface area (Å²) in [5, 5.41) is 3.42. The van der Waals surface area contributed by atoms with Crippen LogP contribution in [0.3, 0.4) is 0 Å². The van der Waals surface area contributed by atoms with Crippen LogP contribution in [0, 0.1) is 17.3 Å². The summed E-state index contributed by atoms with van der Waals surface area (Å²) < 4.78 is 20.2. The Morgan fingerprint density at radius 3 is 2.67 bits per heavy atom. The van der Waals surface area contributed by atoms with Gasteiger partial charge in [-0.15, -0.1) is 0 Å². The number of halogens is 2. The first-order valence-corrected chi connectivity index (χ1v) is 9.09. The van der Waals surface area contributed by atoms with Crippen molar-refractivity contribution in [2.75, 3.05) is 13.7 Å². The fraction of sp³-hybridized carbons (Fsp3) is 0.632. The van der Waals surface area contributed by atoms with E-state index in [2.05, 4.69) is 5.32 Å². The third kappa shape index (κ3) is 2.79. The van der Waals surface area contributed by atoms with Gasteiger partial charge in [-0.25, -0.2) is 4.39 Å². The van der Waals surface area contributed by atoms with Crippen molar-refractivity contribution in [2.45, 2.75) is 44.2 Å². The van der Waals surface area contributed by atoms with Crippen LogP contribution in [0.5, 0.6) is 5.75 Å². The number of rotatable bonds is 4. The molecule has 0 aromatic heterocycles. The number of hydrogen-bond donors (Lipinski definition) is 1. The van der Waals surface area contributed by atoms with Gasteiger partial charge in [0.2, 0.25) is 0 Å². The molecule has 130 valence electrons. The SMILES string of the molecule is COc1ccc(Cl)c(C(=O)NCC23CC4CC(CC(F)(C4)C2)C3)c1. The van der Waals surface area contributed by atoms with Crippen LogP contribution in [0.15, 0.2) is 18.2 Å². The van der Waals surface area contributed by atoms with E-state index in [0.29, 0.717) is 41.1 Å². The van der Waals surface area contributed by atoms with Crippen LogP contribution in [-0.2, 0) is 0 Å². The zero-order valence-corrected chi connectivity index (χ0v) is 14.7. The van der Waals surface area contributed by atoms with Gasteiger partial charge in [-0.1, -0.05) is 11.6 Å². The lowest BCUT2D eigenvalue weighted by Crippen LogP contribution is -2.57. The van der Waals surface area contributed by atoms with E-state index in [4.69, 9.17) is 16.3 Å². The van der Waals surface area contributed by atoms with Crippen LogP contribution >= 0.6 is 11.6 Å². The minimum atomic E-state index is -0.998. The molecule has 4 bridgehead atoms. The molecular formula is C19H23ClFNO2. The van der Waals surface area contributed by atoms with Gasteiger partial charge in [-0.05, 0) is 74.0 Å². The Balaban J connectivity index is 1.48. The zero-order chi connectivity index (χ0) is 16.9. The fourth-order valence-corrected chi connectivity index (χ4v) is 5.91. The van der Waals surface area contributed by atoms with Crippen LogP contribution in [0.4, 0.5) is 4.39 Å². The highest BCUT2D eigenvalue weighted by molar-refractivity contribution is 6.33. The smallest absolute Gasteiger partial charge is 0.252 e. The summed E-state index contributed by atoms with van der Waals surface area (Å²) in [7, 11) is 1.56. The number of carbonyl (C=O) groups is 1. The van der Waals surface area contributed by atoms with Crippen LogP contribution in [0.25, 0.3) is 0 Å². The lowest BCUT2D eigenvalue weighted by atomic mass is 9.48. The van der Waals surface area contributed by atoms with Crippen LogP contribution < -0.4 is 10.1 Å². The lowest BCUT2D eigenvalue weighted by Gasteiger charge is -2.59. The van der Waals surface area contributed by atoms with Gasteiger partial charge >= 0.3 is 0 Å². The van der Waals surface area contributed by atoms with E-state index in [9.17, 15) is 9.18 Å². The number of hydrogen-bond acceptors (Lipinski definition) is 2. The van der Waals surface area contributed by atoms with E-state index in [1.54, 1.807) is 25.3 Å². The first-order chi connectivity index (χ1) is 11.4. The second-order valence-electron chi connectivity index (χ2n) is 8.14. The highest BCUT2D eigenvalue weighted by atomic mass is 35.5. The van der Waals surface area contributed by atoms with Crippen LogP contribution in [0.2, 0.25) is 5.02 Å². The summed E-state index contributed by atoms with van der Waals surface area (Å²) in [6, 6.07) is 5.04. The number of methoxy groups -OCH3 is 1. The Bertz CT molecular complexity index is 663. The maximum atomic E-state index is 15.0. The average Bonchev–Trinajstić information content (AvgIpc) is 2.51. The van der Waals surface area contributed by atoms with Crippen LogP contribution in [0.1, 0.15) is 48.9 Å². The molecule has 4 fully saturated rings. The number of ether oxygens (including phenoxy) is 1. The Labute approximate surface area is 146 Å². The van der Waals surface area contributed by atoms with Crippen molar-refractivity contribution in [1.29, 1.82) is 0 Å². The number of nitrogens with one attached hydrogen (secondary N) is 1. The first kappa shape index (κ1) is 16.2. The summed E-state index contributed by atoms with van der Waals surface area (Å²) >= 11 is 6.15. The van der Waals surface area contributed by atoms with E-state index < -0.39 is 5.67 Å². The van der Waals surface area contributed by atoms with Gasteiger partial charge in [0.1, 0.15) is 11.4 Å². The molecule has 0 spiro atoms. The molecule has 0 saturated heterocycles. The van der Waals surface area contributed by atoms with E-state index in [1.807, 2.05) is 0 Å². The molecule has 2 atom stereocenters. The van der Waals surface area contributed by atoms with Crippen molar-refractivity contribution in [3.63, 3.8) is 0 Å². The van der Waals surface area contributed by atoms with Crippen molar-refractivity contribution < 1.29 is 13.9 Å². The van der Waals surface area contributed by atoms with Crippen molar-refractivity contribution in [3.8, 4) is 5.75 Å². The van der Waals surface area contributed by atoms with E-state index >= 15 is 0 Å². The van der Waals surface area contributed by atoms with Gasteiger partial charge in [-0.2, -0.15) is 0 Å². The molecule has 5 rings (SSSR count). The lowest BCUT2D eigenvalue weighted by molar-refractivity contribution is -0.121. The molecule has 0 heterocycles. The largest absolute Gasteiger partial charge is 0.497 e. The Hall–Kier alpha value is -1.29. The summed E-state index contributed by atoms with van der Waals surface area (Å²) in [6.07, 6.45) is 5.30. The molecule has 1 aromatic carbocycles. The van der Waals surface area contributed by atoms with Gasteiger partial charge in [0.05, 0.1) is 17.7 Å². The Morgan fingerprint density at radius 1 is 1.33 bits per heavy atom. The molecule has 1 N–H and O–H groups in total. The fourth-order valence-electron chi connectivity index (χ4n) is 5.71. The minimum Gasteiger partial charge on any atom is -0.497 e. The maximum absolute atomic E-state index is 15.0. The van der Waals surface area contributed by atoms with Crippen molar-refractivity contribution in [2.24, 2.45) is 17.3 Å². The maximum Gasteiger partial charge on any atom is 0.252 e. The van der Waals surface area contributed by atoms with Gasteiger partial charge in [0.15, 0.2) is 0 Å². The predicted molar refractivity (Wildman–Crippen MR) is 91.3 cm³/mol. The molecule has 5 heteroatoms. The molecule has 1 aromatic rings. The monoisotopic (exact) mass is 351 g/mol. The number of benzene rings is 1. The molecule has 3 nitrogen and oxygen atoms in total. The Kier molecular flexibility index (Phi) is 3.79. The molecule has 2 unspecified atom stereocenters. The third-order valence-corrected chi connectivity index (χ3v) is 6.48. The molecule has 24 heavy (non-hydrogen) atoms. The highest BCUT2D eigenvalue weighted by Gasteiger charge is 2.58. The topological polar surface area (TPSA) is 38.3 Å². The van der Waals surface area contributed by atoms with E-state index in [1.165, 1.54) is 6.42 Å². The normalized spacial score (nSPS) is 36.6.